The number of urea groups is 1. The Balaban J connectivity index is 1.64. The van der Waals surface area contributed by atoms with Crippen molar-refractivity contribution < 1.29 is 23.9 Å². The Hall–Kier alpha value is -5.16. The summed E-state index contributed by atoms with van der Waals surface area (Å²) in [4.78, 5) is 46.3. The van der Waals surface area contributed by atoms with E-state index in [9.17, 15) is 14.4 Å². The van der Waals surface area contributed by atoms with Gasteiger partial charge in [-0.3, -0.25) is 20.0 Å². The van der Waals surface area contributed by atoms with Gasteiger partial charge in [-0.25, -0.2) is 9.59 Å². The van der Waals surface area contributed by atoms with Gasteiger partial charge in [0, 0.05) is 44.0 Å². The largest absolute Gasteiger partial charge is 0.492 e. The summed E-state index contributed by atoms with van der Waals surface area (Å²) in [5, 5.41) is 10.4. The molecule has 11 heteroatoms. The molecule has 0 aliphatic carbocycles. The zero-order chi connectivity index (χ0) is 35.0. The van der Waals surface area contributed by atoms with E-state index in [-0.39, 0.29) is 22.8 Å². The first-order valence-electron chi connectivity index (χ1n) is 16.0. The molecule has 3 aromatic carbocycles. The summed E-state index contributed by atoms with van der Waals surface area (Å²) in [5.41, 5.74) is 4.99. The molecule has 0 atom stereocenters. The second-order valence-corrected chi connectivity index (χ2v) is 12.6. The smallest absolute Gasteiger partial charge is 0.412 e. The molecule has 0 spiro atoms. The number of nitrogens with zero attached hydrogens (tertiary/aromatic N) is 3. The number of likely N-dealkylation sites (N-methyl/N-ethyl adjacent to an activating group) is 1. The highest BCUT2D eigenvalue weighted by Crippen LogP contribution is 2.39. The molecule has 0 radical (unpaired) electrons. The van der Waals surface area contributed by atoms with Crippen LogP contribution in [0, 0.1) is 0 Å². The Morgan fingerprint density at radius 3 is 2.10 bits per heavy atom. The van der Waals surface area contributed by atoms with Gasteiger partial charge in [-0.15, -0.1) is 0 Å². The summed E-state index contributed by atoms with van der Waals surface area (Å²) in [7, 11) is 4.59. The Morgan fingerprint density at radius 2 is 1.48 bits per heavy atom. The quantitative estimate of drug-likeness (QED) is 0.155. The van der Waals surface area contributed by atoms with Gasteiger partial charge in [0.15, 0.2) is 12.4 Å². The molecule has 0 aliphatic rings. The van der Waals surface area contributed by atoms with E-state index in [2.05, 4.69) is 45.7 Å². The number of ether oxygens (including phenoxy) is 2. The Morgan fingerprint density at radius 1 is 0.833 bits per heavy atom. The standard InChI is InChI=1S/C37H46N6O5/c1-9-43(10-2)22-24-17-18-38-21-29(24)27-15-16-30(28-14-12-11-13-26(27)28)39-35(45)40-31-19-25(37(3,4)5)20-32(34(31)47-8)41-36(46)48-23-33(44)42(6)7/h11-21H,9-10,22-23H2,1-8H3,(H,41,46)(H2,39,40,45). The number of fused-ring (bicyclic) bond motifs is 1. The fourth-order valence-electron chi connectivity index (χ4n) is 5.28. The SMILES string of the molecule is CCN(CC)Cc1ccncc1-c1ccc(NC(=O)Nc2cc(C(C)(C)C)cc(NC(=O)OCC(=O)N(C)C)c2OC)c2ccccc12. The van der Waals surface area contributed by atoms with Crippen molar-refractivity contribution >= 4 is 45.9 Å². The van der Waals surface area contributed by atoms with Gasteiger partial charge in [-0.1, -0.05) is 65.0 Å². The number of pyridine rings is 1. The van der Waals surface area contributed by atoms with Crippen molar-refractivity contribution in [3.05, 3.63) is 78.1 Å². The summed E-state index contributed by atoms with van der Waals surface area (Å²) in [5.74, 6) is -0.132. The molecule has 48 heavy (non-hydrogen) atoms. The molecule has 4 amide bonds. The van der Waals surface area contributed by atoms with Crippen molar-refractivity contribution in [1.82, 2.24) is 14.8 Å². The number of aromatic nitrogens is 1. The minimum absolute atomic E-state index is 0.228. The van der Waals surface area contributed by atoms with E-state index in [0.717, 1.165) is 47.1 Å². The summed E-state index contributed by atoms with van der Waals surface area (Å²) in [6, 6.07) is 17.0. The Labute approximate surface area is 282 Å². The van der Waals surface area contributed by atoms with E-state index in [4.69, 9.17) is 9.47 Å². The van der Waals surface area contributed by atoms with Crippen LogP contribution in [-0.4, -0.2) is 73.7 Å². The van der Waals surface area contributed by atoms with Gasteiger partial charge < -0.3 is 25.0 Å². The molecule has 1 aromatic heterocycles. The van der Waals surface area contributed by atoms with Gasteiger partial charge in [-0.05, 0) is 64.8 Å². The van der Waals surface area contributed by atoms with E-state index in [0.29, 0.717) is 11.4 Å². The first kappa shape index (κ1) is 35.7. The zero-order valence-corrected chi connectivity index (χ0v) is 29.1. The maximum absolute atomic E-state index is 13.6. The fraction of sp³-hybridized carbons (Fsp3) is 0.351. The Bertz CT molecular complexity index is 1780. The zero-order valence-electron chi connectivity index (χ0n) is 29.1. The maximum Gasteiger partial charge on any atom is 0.412 e. The van der Waals surface area contributed by atoms with Crippen LogP contribution in [0.25, 0.3) is 21.9 Å². The normalized spacial score (nSPS) is 11.3. The number of carbonyl (C=O) groups is 3. The molecule has 0 unspecified atom stereocenters. The molecule has 0 aliphatic heterocycles. The fourth-order valence-corrected chi connectivity index (χ4v) is 5.28. The van der Waals surface area contributed by atoms with Crippen LogP contribution in [0.3, 0.4) is 0 Å². The molecule has 0 saturated carbocycles. The first-order valence-corrected chi connectivity index (χ1v) is 16.0. The van der Waals surface area contributed by atoms with Crippen LogP contribution in [0.15, 0.2) is 67.0 Å². The topological polar surface area (TPSA) is 125 Å². The van der Waals surface area contributed by atoms with Crippen molar-refractivity contribution in [2.75, 3.05) is 56.9 Å². The van der Waals surface area contributed by atoms with Crippen LogP contribution in [0.1, 0.15) is 45.7 Å². The number of rotatable bonds is 11. The molecule has 4 rings (SSSR count). The predicted octanol–water partition coefficient (Wildman–Crippen LogP) is 7.33. The van der Waals surface area contributed by atoms with Gasteiger partial charge in [-0.2, -0.15) is 0 Å². The first-order chi connectivity index (χ1) is 22.9. The molecule has 254 valence electrons. The number of benzene rings is 3. The average molecular weight is 655 g/mol. The van der Waals surface area contributed by atoms with Gasteiger partial charge in [0.05, 0.1) is 24.2 Å². The number of carbonyl (C=O) groups excluding carboxylic acids is 3. The molecule has 4 aromatic rings. The minimum Gasteiger partial charge on any atom is -0.492 e. The third-order valence-electron chi connectivity index (χ3n) is 8.13. The monoisotopic (exact) mass is 654 g/mol. The summed E-state index contributed by atoms with van der Waals surface area (Å²) >= 11 is 0. The molecular weight excluding hydrogens is 608 g/mol. The van der Waals surface area contributed by atoms with Crippen LogP contribution >= 0.6 is 0 Å². The lowest BCUT2D eigenvalue weighted by Gasteiger charge is -2.24. The van der Waals surface area contributed by atoms with Crippen LogP contribution in [0.2, 0.25) is 0 Å². The summed E-state index contributed by atoms with van der Waals surface area (Å²) < 4.78 is 10.8. The number of amides is 4. The molecule has 11 nitrogen and oxygen atoms in total. The van der Waals surface area contributed by atoms with Crippen molar-refractivity contribution in [2.24, 2.45) is 0 Å². The molecule has 3 N–H and O–H groups in total. The molecule has 0 saturated heterocycles. The van der Waals surface area contributed by atoms with E-state index in [1.807, 2.05) is 75.6 Å². The third kappa shape index (κ3) is 8.60. The average Bonchev–Trinajstić information content (AvgIpc) is 3.06. The van der Waals surface area contributed by atoms with Gasteiger partial charge in [0.1, 0.15) is 0 Å². The summed E-state index contributed by atoms with van der Waals surface area (Å²) in [6.45, 7) is 12.6. The lowest BCUT2D eigenvalue weighted by molar-refractivity contribution is -0.131. The van der Waals surface area contributed by atoms with Crippen LogP contribution in [-0.2, 0) is 21.5 Å². The maximum atomic E-state index is 13.6. The number of anilines is 3. The number of methoxy groups -OCH3 is 1. The van der Waals surface area contributed by atoms with Crippen molar-refractivity contribution in [2.45, 2.75) is 46.6 Å². The van der Waals surface area contributed by atoms with Crippen LogP contribution in [0.5, 0.6) is 5.75 Å². The third-order valence-corrected chi connectivity index (χ3v) is 8.13. The van der Waals surface area contributed by atoms with E-state index in [1.54, 1.807) is 20.2 Å². The van der Waals surface area contributed by atoms with Gasteiger partial charge in [0.25, 0.3) is 5.91 Å². The van der Waals surface area contributed by atoms with Gasteiger partial charge in [0.2, 0.25) is 0 Å². The van der Waals surface area contributed by atoms with Gasteiger partial charge >= 0.3 is 12.1 Å². The number of hydrogen-bond acceptors (Lipinski definition) is 7. The number of hydrogen-bond donors (Lipinski definition) is 3. The predicted molar refractivity (Wildman–Crippen MR) is 192 cm³/mol. The van der Waals surface area contributed by atoms with E-state index in [1.165, 1.54) is 17.6 Å². The minimum atomic E-state index is -0.828. The van der Waals surface area contributed by atoms with E-state index >= 15 is 0 Å². The van der Waals surface area contributed by atoms with Crippen LogP contribution in [0.4, 0.5) is 26.7 Å². The molecule has 1 heterocycles. The highest BCUT2D eigenvalue weighted by molar-refractivity contribution is 6.10. The second-order valence-electron chi connectivity index (χ2n) is 12.6. The summed E-state index contributed by atoms with van der Waals surface area (Å²) in [6.07, 6.45) is 2.89. The molecule has 0 bridgehead atoms. The van der Waals surface area contributed by atoms with Crippen LogP contribution < -0.4 is 20.7 Å². The highest BCUT2D eigenvalue weighted by atomic mass is 16.6. The highest BCUT2D eigenvalue weighted by Gasteiger charge is 2.23. The van der Waals surface area contributed by atoms with Crippen molar-refractivity contribution in [3.63, 3.8) is 0 Å². The Kier molecular flexibility index (Phi) is 11.6. The van der Waals surface area contributed by atoms with Crippen molar-refractivity contribution in [3.8, 4) is 16.9 Å². The second kappa shape index (κ2) is 15.6. The number of nitrogens with one attached hydrogen (secondary N) is 3. The van der Waals surface area contributed by atoms with E-state index < -0.39 is 18.7 Å². The lowest BCUT2D eigenvalue weighted by Crippen LogP contribution is -2.29. The molecular formula is C37H46N6O5. The molecule has 0 fully saturated rings. The lowest BCUT2D eigenvalue weighted by atomic mass is 9.86. The van der Waals surface area contributed by atoms with Crippen molar-refractivity contribution in [1.29, 1.82) is 0 Å².